The lowest BCUT2D eigenvalue weighted by molar-refractivity contribution is 0.471. The Morgan fingerprint density at radius 1 is 0.462 bits per heavy atom. The van der Waals surface area contributed by atoms with Crippen molar-refractivity contribution in [3.05, 3.63) is 193 Å². The van der Waals surface area contributed by atoms with Gasteiger partial charge in [0, 0.05) is 22.5 Å². The Hall–Kier alpha value is -6.58. The van der Waals surface area contributed by atoms with Crippen molar-refractivity contribution in [3.63, 3.8) is 0 Å². The minimum Gasteiger partial charge on any atom is -0.453 e. The molecule has 3 heteroatoms. The zero-order chi connectivity index (χ0) is 34.8. The highest BCUT2D eigenvalue weighted by molar-refractivity contribution is 5.96. The van der Waals surface area contributed by atoms with Crippen LogP contribution >= 0.6 is 0 Å². The van der Waals surface area contributed by atoms with E-state index in [1.165, 1.54) is 49.8 Å². The summed E-state index contributed by atoms with van der Waals surface area (Å²) in [6, 6.07) is 65.5. The molecule has 2 aliphatic rings. The highest BCUT2D eigenvalue weighted by Crippen LogP contribution is 2.61. The fourth-order valence-corrected chi connectivity index (χ4v) is 8.32. The van der Waals surface area contributed by atoms with E-state index >= 15 is 0 Å². The minimum absolute atomic E-state index is 0.287. The summed E-state index contributed by atoms with van der Waals surface area (Å²) in [7, 11) is 0. The van der Waals surface area contributed by atoms with Crippen LogP contribution in [0.2, 0.25) is 0 Å². The maximum atomic E-state index is 6.49. The molecule has 10 rings (SSSR count). The second-order valence-electron chi connectivity index (χ2n) is 14.2. The third kappa shape index (κ3) is 4.74. The van der Waals surface area contributed by atoms with E-state index in [0.29, 0.717) is 0 Å². The summed E-state index contributed by atoms with van der Waals surface area (Å²) in [5, 5.41) is 2.44. The Labute approximate surface area is 304 Å². The maximum absolute atomic E-state index is 6.49. The van der Waals surface area contributed by atoms with Crippen LogP contribution in [0.25, 0.3) is 33.0 Å². The molecule has 0 saturated heterocycles. The summed E-state index contributed by atoms with van der Waals surface area (Å²) in [5.74, 6) is 1.76. The number of anilines is 6. The average Bonchev–Trinajstić information content (AvgIpc) is 3.20. The third-order valence-electron chi connectivity index (χ3n) is 10.8. The molecule has 2 aliphatic heterocycles. The lowest BCUT2D eigenvalue weighted by atomic mass is 9.70. The highest BCUT2D eigenvalue weighted by Gasteiger charge is 2.42. The Bertz CT molecular complexity index is 2640. The van der Waals surface area contributed by atoms with Crippen molar-refractivity contribution in [2.45, 2.75) is 19.3 Å². The van der Waals surface area contributed by atoms with Gasteiger partial charge < -0.3 is 14.5 Å². The van der Waals surface area contributed by atoms with E-state index < -0.39 is 0 Å². The van der Waals surface area contributed by atoms with Gasteiger partial charge in [-0.2, -0.15) is 0 Å². The van der Waals surface area contributed by atoms with Crippen molar-refractivity contribution >= 4 is 44.9 Å². The number of hydrogen-bond donors (Lipinski definition) is 0. The molecule has 0 spiro atoms. The second-order valence-corrected chi connectivity index (χ2v) is 14.2. The van der Waals surface area contributed by atoms with Gasteiger partial charge in [-0.05, 0) is 105 Å². The first-order valence-corrected chi connectivity index (χ1v) is 17.9. The molecular weight excluding hydrogens is 633 g/mol. The monoisotopic (exact) mass is 668 g/mol. The van der Waals surface area contributed by atoms with E-state index in [4.69, 9.17) is 4.74 Å². The molecule has 0 N–H and O–H groups in total. The predicted octanol–water partition coefficient (Wildman–Crippen LogP) is 13.9. The largest absolute Gasteiger partial charge is 0.453 e. The van der Waals surface area contributed by atoms with Gasteiger partial charge >= 0.3 is 0 Å². The normalized spacial score (nSPS) is 13.5. The molecule has 3 nitrogen and oxygen atoms in total. The molecule has 0 aromatic heterocycles. The van der Waals surface area contributed by atoms with Gasteiger partial charge in [0.1, 0.15) is 0 Å². The molecule has 248 valence electrons. The maximum Gasteiger partial charge on any atom is 0.151 e. The first-order chi connectivity index (χ1) is 25.5. The molecule has 0 bridgehead atoms. The van der Waals surface area contributed by atoms with Crippen LogP contribution in [-0.4, -0.2) is 0 Å². The van der Waals surface area contributed by atoms with Crippen LogP contribution in [0.1, 0.15) is 25.0 Å². The predicted molar refractivity (Wildman–Crippen MR) is 216 cm³/mol. The smallest absolute Gasteiger partial charge is 0.151 e. The minimum atomic E-state index is -0.287. The summed E-state index contributed by atoms with van der Waals surface area (Å²) < 4.78 is 6.49. The Balaban J connectivity index is 1.14. The van der Waals surface area contributed by atoms with Crippen LogP contribution in [0.5, 0.6) is 11.5 Å². The molecule has 0 atom stereocenters. The molecular formula is C49H36N2O. The van der Waals surface area contributed by atoms with Gasteiger partial charge in [0.25, 0.3) is 0 Å². The van der Waals surface area contributed by atoms with Crippen LogP contribution in [0, 0.1) is 0 Å². The van der Waals surface area contributed by atoms with E-state index in [1.54, 1.807) is 0 Å². The van der Waals surface area contributed by atoms with Gasteiger partial charge in [-0.15, -0.1) is 0 Å². The Kier molecular flexibility index (Phi) is 6.84. The fraction of sp³-hybridized carbons (Fsp3) is 0.0612. The number of benzene rings is 8. The van der Waals surface area contributed by atoms with Crippen molar-refractivity contribution in [2.24, 2.45) is 0 Å². The number of rotatable bonds is 5. The second kappa shape index (κ2) is 11.8. The lowest BCUT2D eigenvalue weighted by Crippen LogP contribution is -2.32. The van der Waals surface area contributed by atoms with E-state index in [-0.39, 0.29) is 5.41 Å². The first-order valence-electron chi connectivity index (χ1n) is 17.9. The van der Waals surface area contributed by atoms with Crippen molar-refractivity contribution in [1.82, 2.24) is 0 Å². The highest BCUT2D eigenvalue weighted by atomic mass is 16.5. The number of para-hydroxylation sites is 3. The Morgan fingerprint density at radius 3 is 1.96 bits per heavy atom. The van der Waals surface area contributed by atoms with E-state index in [9.17, 15) is 0 Å². The van der Waals surface area contributed by atoms with E-state index in [2.05, 4.69) is 200 Å². The number of ether oxygens (including phenoxy) is 1. The average molecular weight is 669 g/mol. The van der Waals surface area contributed by atoms with Crippen molar-refractivity contribution in [2.75, 3.05) is 9.80 Å². The Morgan fingerprint density at radius 2 is 1.10 bits per heavy atom. The molecule has 52 heavy (non-hydrogen) atoms. The molecule has 0 amide bonds. The molecule has 8 aromatic rings. The molecule has 0 unspecified atom stereocenters. The molecule has 2 heterocycles. The van der Waals surface area contributed by atoms with E-state index in [1.807, 2.05) is 6.07 Å². The van der Waals surface area contributed by atoms with Gasteiger partial charge in [-0.25, -0.2) is 0 Å². The molecule has 0 saturated carbocycles. The fourth-order valence-electron chi connectivity index (χ4n) is 8.32. The van der Waals surface area contributed by atoms with Gasteiger partial charge in [0.2, 0.25) is 0 Å². The van der Waals surface area contributed by atoms with Crippen molar-refractivity contribution < 1.29 is 4.74 Å². The van der Waals surface area contributed by atoms with Gasteiger partial charge in [-0.1, -0.05) is 135 Å². The summed E-state index contributed by atoms with van der Waals surface area (Å²) >= 11 is 0. The van der Waals surface area contributed by atoms with Crippen LogP contribution in [-0.2, 0) is 5.41 Å². The van der Waals surface area contributed by atoms with Crippen LogP contribution < -0.4 is 14.5 Å². The van der Waals surface area contributed by atoms with Crippen molar-refractivity contribution in [1.29, 1.82) is 0 Å². The SMILES string of the molecule is CC1(C)c2cccc3c2N(c2ccccc2O3)c2cccc(-c3cccc(N(c4ccc(-c5ccccc5)cc4)c4ccc5ccccc5c4)c3)c21. The topological polar surface area (TPSA) is 15.7 Å². The van der Waals surface area contributed by atoms with Gasteiger partial charge in [0.05, 0.1) is 17.1 Å². The molecule has 0 fully saturated rings. The summed E-state index contributed by atoms with van der Waals surface area (Å²) in [4.78, 5) is 4.79. The zero-order valence-electron chi connectivity index (χ0n) is 29.1. The number of fused-ring (bicyclic) bond motifs is 5. The first kappa shape index (κ1) is 30.3. The van der Waals surface area contributed by atoms with E-state index in [0.717, 1.165) is 39.9 Å². The summed E-state index contributed by atoms with van der Waals surface area (Å²) in [6.45, 7) is 4.70. The summed E-state index contributed by atoms with van der Waals surface area (Å²) in [6.07, 6.45) is 0. The van der Waals surface area contributed by atoms with Crippen LogP contribution in [0.4, 0.5) is 34.1 Å². The molecule has 8 aromatic carbocycles. The molecule has 0 aliphatic carbocycles. The quantitative estimate of drug-likeness (QED) is 0.182. The van der Waals surface area contributed by atoms with Gasteiger partial charge in [-0.3, -0.25) is 0 Å². The standard InChI is InChI=1S/C49H36N2O/c1-49(2)42-20-12-24-46-48(42)51(43-21-8-9-23-45(43)52-46)44-22-11-19-41(47(44)49)37-17-10-18-39(32-37)50(40-30-27-34-15-6-7-16-36(34)31-40)38-28-25-35(26-29-38)33-13-4-3-5-14-33/h3-32H,1-2H3. The third-order valence-corrected chi connectivity index (χ3v) is 10.8. The number of nitrogens with zero attached hydrogens (tertiary/aromatic N) is 2. The van der Waals surface area contributed by atoms with Crippen LogP contribution in [0.3, 0.4) is 0 Å². The van der Waals surface area contributed by atoms with Gasteiger partial charge in [0.15, 0.2) is 11.5 Å². The molecule has 0 radical (unpaired) electrons. The number of hydrogen-bond acceptors (Lipinski definition) is 3. The summed E-state index contributed by atoms with van der Waals surface area (Å²) in [5.41, 5.74) is 13.8. The van der Waals surface area contributed by atoms with Crippen molar-refractivity contribution in [3.8, 4) is 33.8 Å². The zero-order valence-corrected chi connectivity index (χ0v) is 29.1. The lowest BCUT2D eigenvalue weighted by Gasteiger charge is -2.45. The van der Waals surface area contributed by atoms with Crippen LogP contribution in [0.15, 0.2) is 182 Å².